The van der Waals surface area contributed by atoms with Gasteiger partial charge < -0.3 is 9.80 Å². The SMILES string of the molecule is Cc1nc(N/N=C/c2ccc(N(C)C)cc2)nc(N(C)c2ccccc2)c1[N+](=O)[O-]. The molecule has 1 N–H and O–H groups in total. The number of benzene rings is 2. The first-order chi connectivity index (χ1) is 14.4. The first-order valence-electron chi connectivity index (χ1n) is 9.25. The van der Waals surface area contributed by atoms with E-state index >= 15 is 0 Å². The van der Waals surface area contributed by atoms with Crippen LogP contribution in [0.2, 0.25) is 0 Å². The number of aryl methyl sites for hydroxylation is 1. The van der Waals surface area contributed by atoms with Crippen molar-refractivity contribution in [3.05, 3.63) is 76.0 Å². The molecule has 0 aliphatic rings. The van der Waals surface area contributed by atoms with Crippen molar-refractivity contribution in [1.82, 2.24) is 9.97 Å². The third-order valence-corrected chi connectivity index (χ3v) is 4.47. The Morgan fingerprint density at radius 3 is 2.27 bits per heavy atom. The van der Waals surface area contributed by atoms with E-state index in [0.29, 0.717) is 0 Å². The minimum atomic E-state index is -0.469. The van der Waals surface area contributed by atoms with E-state index in [4.69, 9.17) is 0 Å². The van der Waals surface area contributed by atoms with Crippen LogP contribution in [0, 0.1) is 17.0 Å². The van der Waals surface area contributed by atoms with Gasteiger partial charge in [0.05, 0.1) is 11.1 Å². The van der Waals surface area contributed by atoms with Gasteiger partial charge in [-0.1, -0.05) is 30.3 Å². The van der Waals surface area contributed by atoms with Crippen LogP contribution in [0.5, 0.6) is 0 Å². The normalized spacial score (nSPS) is 10.8. The van der Waals surface area contributed by atoms with E-state index in [1.807, 2.05) is 73.6 Å². The number of anilines is 4. The molecule has 30 heavy (non-hydrogen) atoms. The maximum absolute atomic E-state index is 11.6. The van der Waals surface area contributed by atoms with Gasteiger partial charge in [0.2, 0.25) is 11.8 Å². The number of nitrogens with zero attached hydrogens (tertiary/aromatic N) is 6. The fourth-order valence-corrected chi connectivity index (χ4v) is 2.85. The summed E-state index contributed by atoms with van der Waals surface area (Å²) in [5.74, 6) is 0.365. The average Bonchev–Trinajstić information content (AvgIpc) is 2.73. The van der Waals surface area contributed by atoms with Gasteiger partial charge in [0.15, 0.2) is 0 Å². The molecule has 3 rings (SSSR count). The lowest BCUT2D eigenvalue weighted by molar-refractivity contribution is -0.385. The quantitative estimate of drug-likeness (QED) is 0.361. The number of nitro groups is 1. The second kappa shape index (κ2) is 8.99. The van der Waals surface area contributed by atoms with Crippen LogP contribution in [0.3, 0.4) is 0 Å². The Bertz CT molecular complexity index is 1050. The zero-order chi connectivity index (χ0) is 21.7. The summed E-state index contributed by atoms with van der Waals surface area (Å²) in [5.41, 5.74) is 5.63. The molecule has 154 valence electrons. The minimum absolute atomic E-state index is 0.143. The highest BCUT2D eigenvalue weighted by molar-refractivity contribution is 5.81. The Kier molecular flexibility index (Phi) is 6.21. The van der Waals surface area contributed by atoms with Crippen LogP contribution in [-0.2, 0) is 0 Å². The monoisotopic (exact) mass is 405 g/mol. The summed E-state index contributed by atoms with van der Waals surface area (Å²) in [6, 6.07) is 17.2. The van der Waals surface area contributed by atoms with Crippen LogP contribution in [0.1, 0.15) is 11.3 Å². The van der Waals surface area contributed by atoms with Crippen molar-refractivity contribution in [2.45, 2.75) is 6.92 Å². The van der Waals surface area contributed by atoms with Crippen LogP contribution in [0.15, 0.2) is 59.7 Å². The molecule has 0 aliphatic carbocycles. The predicted octanol–water partition coefficient (Wildman–Crippen LogP) is 3.97. The Hall–Kier alpha value is -4.01. The van der Waals surface area contributed by atoms with E-state index in [-0.39, 0.29) is 23.1 Å². The number of aromatic nitrogens is 2. The molecule has 0 saturated carbocycles. The summed E-state index contributed by atoms with van der Waals surface area (Å²) >= 11 is 0. The molecule has 9 nitrogen and oxygen atoms in total. The number of hydrogen-bond donors (Lipinski definition) is 1. The molecule has 0 atom stereocenters. The maximum atomic E-state index is 11.6. The van der Waals surface area contributed by atoms with Gasteiger partial charge >= 0.3 is 5.69 Å². The van der Waals surface area contributed by atoms with Gasteiger partial charge in [-0.3, -0.25) is 10.1 Å². The van der Waals surface area contributed by atoms with E-state index in [1.165, 1.54) is 0 Å². The molecule has 0 fully saturated rings. The van der Waals surface area contributed by atoms with Crippen LogP contribution >= 0.6 is 0 Å². The van der Waals surface area contributed by atoms with E-state index in [1.54, 1.807) is 25.1 Å². The first-order valence-corrected chi connectivity index (χ1v) is 9.25. The lowest BCUT2D eigenvalue weighted by atomic mass is 10.2. The van der Waals surface area contributed by atoms with Crippen molar-refractivity contribution >= 4 is 35.0 Å². The minimum Gasteiger partial charge on any atom is -0.378 e. The molecule has 0 aliphatic heterocycles. The number of hydrazone groups is 1. The smallest absolute Gasteiger partial charge is 0.333 e. The Morgan fingerprint density at radius 2 is 1.67 bits per heavy atom. The summed E-state index contributed by atoms with van der Waals surface area (Å²) in [6.07, 6.45) is 1.64. The van der Waals surface area contributed by atoms with E-state index in [9.17, 15) is 10.1 Å². The molecular formula is C21H23N7O2. The Balaban J connectivity index is 1.87. The molecule has 1 aromatic heterocycles. The van der Waals surface area contributed by atoms with Gasteiger partial charge in [-0.15, -0.1) is 0 Å². The summed E-state index contributed by atoms with van der Waals surface area (Å²) < 4.78 is 0. The van der Waals surface area contributed by atoms with Crippen molar-refractivity contribution in [3.8, 4) is 0 Å². The highest BCUT2D eigenvalue weighted by Crippen LogP contribution is 2.33. The summed E-state index contributed by atoms with van der Waals surface area (Å²) in [4.78, 5) is 23.3. The van der Waals surface area contributed by atoms with Crippen LogP contribution in [0.25, 0.3) is 0 Å². The van der Waals surface area contributed by atoms with Crippen molar-refractivity contribution in [3.63, 3.8) is 0 Å². The molecule has 0 saturated heterocycles. The number of para-hydroxylation sites is 1. The second-order valence-corrected chi connectivity index (χ2v) is 6.81. The standard InChI is InChI=1S/C21H23N7O2/c1-15-19(28(29)30)20(27(4)18-8-6-5-7-9-18)24-21(23-15)25-22-14-16-10-12-17(13-11-16)26(2)3/h5-14H,1-4H3,(H,23,24,25)/b22-14+. The average molecular weight is 405 g/mol. The fraction of sp³-hybridized carbons (Fsp3) is 0.190. The van der Waals surface area contributed by atoms with Gasteiger partial charge in [0.1, 0.15) is 5.69 Å². The van der Waals surface area contributed by atoms with Crippen molar-refractivity contribution in [1.29, 1.82) is 0 Å². The number of hydrogen-bond acceptors (Lipinski definition) is 8. The summed E-state index contributed by atoms with van der Waals surface area (Å²) in [7, 11) is 5.68. The fourth-order valence-electron chi connectivity index (χ4n) is 2.85. The van der Waals surface area contributed by atoms with Gasteiger partial charge in [-0.25, -0.2) is 10.4 Å². The lowest BCUT2D eigenvalue weighted by Gasteiger charge is -2.19. The van der Waals surface area contributed by atoms with Crippen molar-refractivity contribution in [2.24, 2.45) is 5.10 Å². The van der Waals surface area contributed by atoms with Gasteiger partial charge in [-0.05, 0) is 36.8 Å². The number of rotatable bonds is 7. The third-order valence-electron chi connectivity index (χ3n) is 4.47. The zero-order valence-electron chi connectivity index (χ0n) is 17.3. The third kappa shape index (κ3) is 4.69. The van der Waals surface area contributed by atoms with Gasteiger partial charge in [-0.2, -0.15) is 10.1 Å². The molecule has 9 heteroatoms. The highest BCUT2D eigenvalue weighted by atomic mass is 16.6. The lowest BCUT2D eigenvalue weighted by Crippen LogP contribution is -2.16. The van der Waals surface area contributed by atoms with E-state index in [0.717, 1.165) is 16.9 Å². The molecule has 1 heterocycles. The van der Waals surface area contributed by atoms with Crippen LogP contribution in [0.4, 0.5) is 28.8 Å². The van der Waals surface area contributed by atoms with Crippen LogP contribution in [-0.4, -0.2) is 42.2 Å². The molecule has 0 amide bonds. The molecule has 3 aromatic rings. The number of nitrogens with one attached hydrogen (secondary N) is 1. The first kappa shape index (κ1) is 20.7. The van der Waals surface area contributed by atoms with Crippen LogP contribution < -0.4 is 15.2 Å². The largest absolute Gasteiger partial charge is 0.378 e. The molecule has 0 bridgehead atoms. The van der Waals surface area contributed by atoms with E-state index < -0.39 is 4.92 Å². The van der Waals surface area contributed by atoms with E-state index in [2.05, 4.69) is 20.5 Å². The Morgan fingerprint density at radius 1 is 1.00 bits per heavy atom. The van der Waals surface area contributed by atoms with Crippen molar-refractivity contribution in [2.75, 3.05) is 36.4 Å². The van der Waals surface area contributed by atoms with Gasteiger partial charge in [0, 0.05) is 32.5 Å². The second-order valence-electron chi connectivity index (χ2n) is 6.81. The maximum Gasteiger partial charge on any atom is 0.333 e. The summed E-state index contributed by atoms with van der Waals surface area (Å²) in [6.45, 7) is 1.58. The summed E-state index contributed by atoms with van der Waals surface area (Å²) in [5, 5.41) is 15.8. The molecule has 0 unspecified atom stereocenters. The zero-order valence-corrected chi connectivity index (χ0v) is 17.3. The topological polar surface area (TPSA) is 99.8 Å². The van der Waals surface area contributed by atoms with Crippen molar-refractivity contribution < 1.29 is 4.92 Å². The molecule has 2 aromatic carbocycles. The molecular weight excluding hydrogens is 382 g/mol. The highest BCUT2D eigenvalue weighted by Gasteiger charge is 2.25. The van der Waals surface area contributed by atoms with Gasteiger partial charge in [0.25, 0.3) is 0 Å². The molecule has 0 spiro atoms. The Labute approximate surface area is 174 Å². The predicted molar refractivity (Wildman–Crippen MR) is 120 cm³/mol. The molecule has 0 radical (unpaired) electrons.